The topological polar surface area (TPSA) is 81.1 Å². The largest absolute Gasteiger partial charge is 0.357 e. The molecule has 0 atom stereocenters. The smallest absolute Gasteiger partial charge is 0.216 e. The summed E-state index contributed by atoms with van der Waals surface area (Å²) in [6, 6.07) is 5.79. The summed E-state index contributed by atoms with van der Waals surface area (Å²) < 4.78 is 26.9. The Bertz CT molecular complexity index is 717. The van der Waals surface area contributed by atoms with Gasteiger partial charge in [0.1, 0.15) is 5.82 Å². The second-order valence-corrected chi connectivity index (χ2v) is 8.91. The fourth-order valence-corrected chi connectivity index (χ4v) is 4.79. The number of anilines is 1. The van der Waals surface area contributed by atoms with E-state index in [-0.39, 0.29) is 29.7 Å². The van der Waals surface area contributed by atoms with Gasteiger partial charge in [-0.15, -0.1) is 24.0 Å². The van der Waals surface area contributed by atoms with Gasteiger partial charge in [-0.3, -0.25) is 4.99 Å². The van der Waals surface area contributed by atoms with Crippen LogP contribution in [0.2, 0.25) is 0 Å². The fraction of sp³-hybridized carbons (Fsp3) is 0.667. The van der Waals surface area contributed by atoms with Gasteiger partial charge in [0.15, 0.2) is 5.96 Å². The molecular formula is C18H31IN6O2S. The molecule has 0 saturated carbocycles. The summed E-state index contributed by atoms with van der Waals surface area (Å²) in [7, 11) is -3.29. The minimum absolute atomic E-state index is 0. The number of halogens is 1. The fourth-order valence-electron chi connectivity index (χ4n) is 3.49. The second-order valence-electron chi connectivity index (χ2n) is 6.82. The molecule has 2 fully saturated rings. The quantitative estimate of drug-likeness (QED) is 0.344. The summed E-state index contributed by atoms with van der Waals surface area (Å²) >= 11 is 0. The van der Waals surface area contributed by atoms with Crippen LogP contribution < -0.4 is 10.2 Å². The Morgan fingerprint density at radius 3 is 2.46 bits per heavy atom. The Balaban J connectivity index is 0.00000280. The number of guanidine groups is 1. The van der Waals surface area contributed by atoms with Crippen LogP contribution in [-0.4, -0.2) is 86.7 Å². The first kappa shape index (κ1) is 23.1. The molecule has 0 amide bonds. The van der Waals surface area contributed by atoms with E-state index in [0.29, 0.717) is 32.7 Å². The molecule has 8 nitrogen and oxygen atoms in total. The van der Waals surface area contributed by atoms with E-state index in [2.05, 4.69) is 25.1 Å². The van der Waals surface area contributed by atoms with Gasteiger partial charge in [0.25, 0.3) is 0 Å². The maximum absolute atomic E-state index is 12.7. The van der Waals surface area contributed by atoms with Crippen LogP contribution in [0.3, 0.4) is 0 Å². The van der Waals surface area contributed by atoms with Gasteiger partial charge >= 0.3 is 0 Å². The summed E-state index contributed by atoms with van der Waals surface area (Å²) in [5.74, 6) is 1.80. The van der Waals surface area contributed by atoms with E-state index in [1.165, 1.54) is 12.8 Å². The zero-order chi connectivity index (χ0) is 19.1. The SMILES string of the molecule is CCNC(=NCCS(=O)(=O)N1CCN(c2ccccn2)CC1)N1CCCC1.I. The number of aromatic nitrogens is 1. The summed E-state index contributed by atoms with van der Waals surface area (Å²) in [6.45, 7) is 7.42. The predicted molar refractivity (Wildman–Crippen MR) is 124 cm³/mol. The van der Waals surface area contributed by atoms with Crippen molar-refractivity contribution in [3.05, 3.63) is 24.4 Å². The van der Waals surface area contributed by atoms with Crippen LogP contribution >= 0.6 is 24.0 Å². The van der Waals surface area contributed by atoms with Crippen molar-refractivity contribution in [3.8, 4) is 0 Å². The van der Waals surface area contributed by atoms with Gasteiger partial charge in [-0.25, -0.2) is 13.4 Å². The molecule has 1 N–H and O–H groups in total. The number of hydrogen-bond acceptors (Lipinski definition) is 5. The number of rotatable bonds is 6. The van der Waals surface area contributed by atoms with E-state index >= 15 is 0 Å². The van der Waals surface area contributed by atoms with Crippen molar-refractivity contribution in [2.24, 2.45) is 4.99 Å². The van der Waals surface area contributed by atoms with Crippen molar-refractivity contribution in [3.63, 3.8) is 0 Å². The number of piperazine rings is 1. The molecule has 0 radical (unpaired) electrons. The first-order valence-electron chi connectivity index (χ1n) is 9.77. The maximum Gasteiger partial charge on any atom is 0.216 e. The summed E-state index contributed by atoms with van der Waals surface area (Å²) in [5.41, 5.74) is 0. The molecule has 28 heavy (non-hydrogen) atoms. The Morgan fingerprint density at radius 1 is 1.14 bits per heavy atom. The average Bonchev–Trinajstić information content (AvgIpc) is 3.23. The number of likely N-dealkylation sites (tertiary alicyclic amines) is 1. The minimum atomic E-state index is -3.29. The maximum atomic E-state index is 12.7. The van der Waals surface area contributed by atoms with Crippen molar-refractivity contribution >= 4 is 45.8 Å². The number of aliphatic imine (C=N–C) groups is 1. The summed E-state index contributed by atoms with van der Waals surface area (Å²) in [6.07, 6.45) is 4.10. The van der Waals surface area contributed by atoms with Gasteiger partial charge in [0.05, 0.1) is 12.3 Å². The van der Waals surface area contributed by atoms with Gasteiger partial charge in [-0.1, -0.05) is 6.07 Å². The number of hydrogen-bond donors (Lipinski definition) is 1. The Kier molecular flexibility index (Phi) is 9.22. The average molecular weight is 522 g/mol. The highest BCUT2D eigenvalue weighted by atomic mass is 127. The van der Waals surface area contributed by atoms with Crippen LogP contribution in [0.1, 0.15) is 19.8 Å². The van der Waals surface area contributed by atoms with E-state index in [1.807, 2.05) is 25.1 Å². The first-order chi connectivity index (χ1) is 13.1. The molecule has 0 bridgehead atoms. The van der Waals surface area contributed by atoms with Gasteiger partial charge in [0, 0.05) is 52.0 Å². The highest BCUT2D eigenvalue weighted by Gasteiger charge is 2.27. The molecule has 2 aliphatic heterocycles. The lowest BCUT2D eigenvalue weighted by molar-refractivity contribution is 0.384. The molecular weight excluding hydrogens is 491 g/mol. The van der Waals surface area contributed by atoms with Crippen LogP contribution in [0.15, 0.2) is 29.4 Å². The lowest BCUT2D eigenvalue weighted by Gasteiger charge is -2.34. The van der Waals surface area contributed by atoms with Crippen molar-refractivity contribution in [1.29, 1.82) is 0 Å². The molecule has 0 unspecified atom stereocenters. The molecule has 3 heterocycles. The third-order valence-corrected chi connectivity index (χ3v) is 6.81. The zero-order valence-electron chi connectivity index (χ0n) is 16.5. The third kappa shape index (κ3) is 6.18. The predicted octanol–water partition coefficient (Wildman–Crippen LogP) is 1.21. The molecule has 0 aliphatic carbocycles. The van der Waals surface area contributed by atoms with Crippen LogP contribution in [-0.2, 0) is 10.0 Å². The lowest BCUT2D eigenvalue weighted by Crippen LogP contribution is -2.49. The number of sulfonamides is 1. The summed E-state index contributed by atoms with van der Waals surface area (Å²) in [5, 5.41) is 3.27. The van der Waals surface area contributed by atoms with Crippen molar-refractivity contribution in [2.45, 2.75) is 19.8 Å². The minimum Gasteiger partial charge on any atom is -0.357 e. The normalized spacial score (nSPS) is 18.8. The molecule has 0 spiro atoms. The van der Waals surface area contributed by atoms with Crippen molar-refractivity contribution in [1.82, 2.24) is 19.5 Å². The van der Waals surface area contributed by atoms with E-state index < -0.39 is 10.0 Å². The van der Waals surface area contributed by atoms with Crippen LogP contribution in [0.25, 0.3) is 0 Å². The monoisotopic (exact) mass is 522 g/mol. The third-order valence-electron chi connectivity index (χ3n) is 4.96. The number of pyridine rings is 1. The molecule has 2 aliphatic rings. The van der Waals surface area contributed by atoms with E-state index in [1.54, 1.807) is 10.5 Å². The zero-order valence-corrected chi connectivity index (χ0v) is 19.6. The highest BCUT2D eigenvalue weighted by molar-refractivity contribution is 14.0. The van der Waals surface area contributed by atoms with E-state index in [9.17, 15) is 8.42 Å². The van der Waals surface area contributed by atoms with Gasteiger partial charge < -0.3 is 15.1 Å². The standard InChI is InChI=1S/C18H30N6O2S.HI/c1-2-19-18(23-10-5-6-11-23)21-9-16-27(25,26)24-14-12-22(13-15-24)17-7-3-4-8-20-17;/h3-4,7-8H,2,5-6,9-16H2,1H3,(H,19,21);1H. The van der Waals surface area contributed by atoms with Crippen molar-refractivity contribution < 1.29 is 8.42 Å². The van der Waals surface area contributed by atoms with Crippen molar-refractivity contribution in [2.75, 3.05) is 63.0 Å². The van der Waals surface area contributed by atoms with Gasteiger partial charge in [0.2, 0.25) is 10.0 Å². The highest BCUT2D eigenvalue weighted by Crippen LogP contribution is 2.15. The Hall–Kier alpha value is -1.14. The number of nitrogens with zero attached hydrogens (tertiary/aromatic N) is 5. The van der Waals surface area contributed by atoms with Gasteiger partial charge in [-0.2, -0.15) is 4.31 Å². The van der Waals surface area contributed by atoms with E-state index in [4.69, 9.17) is 0 Å². The van der Waals surface area contributed by atoms with Crippen LogP contribution in [0.5, 0.6) is 0 Å². The summed E-state index contributed by atoms with van der Waals surface area (Å²) in [4.78, 5) is 13.2. The van der Waals surface area contributed by atoms with E-state index in [0.717, 1.165) is 31.4 Å². The Labute approximate surface area is 185 Å². The molecule has 1 aromatic heterocycles. The molecule has 2 saturated heterocycles. The first-order valence-corrected chi connectivity index (χ1v) is 11.4. The molecule has 0 aromatic carbocycles. The molecule has 158 valence electrons. The molecule has 10 heteroatoms. The Morgan fingerprint density at radius 2 is 1.86 bits per heavy atom. The van der Waals surface area contributed by atoms with Gasteiger partial charge in [-0.05, 0) is 31.9 Å². The molecule has 3 rings (SSSR count). The lowest BCUT2D eigenvalue weighted by atomic mass is 10.3. The number of nitrogens with one attached hydrogen (secondary N) is 1. The van der Waals surface area contributed by atoms with Crippen LogP contribution in [0.4, 0.5) is 5.82 Å². The molecule has 1 aromatic rings. The van der Waals surface area contributed by atoms with Crippen LogP contribution in [0, 0.1) is 0 Å². The second kappa shape index (κ2) is 11.1.